The lowest BCUT2D eigenvalue weighted by molar-refractivity contribution is 0.0633. The molecule has 5 rings (SSSR count). The van der Waals surface area contributed by atoms with E-state index in [0.29, 0.717) is 17.8 Å². The second-order valence-electron chi connectivity index (χ2n) is 7.75. The molecule has 29 heavy (non-hydrogen) atoms. The van der Waals surface area contributed by atoms with E-state index in [2.05, 4.69) is 21.4 Å². The highest BCUT2D eigenvalue weighted by Crippen LogP contribution is 2.26. The number of para-hydroxylation sites is 2. The summed E-state index contributed by atoms with van der Waals surface area (Å²) in [6.07, 6.45) is 0. The predicted octanol–water partition coefficient (Wildman–Crippen LogP) is 2.04. The van der Waals surface area contributed by atoms with Gasteiger partial charge in [0.15, 0.2) is 0 Å². The molecular weight excluding hydrogens is 366 g/mol. The summed E-state index contributed by atoms with van der Waals surface area (Å²) in [6, 6.07) is 15.0. The number of carbonyl (C=O) groups excluding carboxylic acids is 2. The lowest BCUT2D eigenvalue weighted by Gasteiger charge is -2.33. The molecule has 0 atom stereocenters. The normalized spacial score (nSPS) is 18.0. The molecule has 1 fully saturated rings. The number of benzene rings is 2. The van der Waals surface area contributed by atoms with Gasteiger partial charge in [0, 0.05) is 26.2 Å². The van der Waals surface area contributed by atoms with Crippen LogP contribution in [0.4, 0.5) is 0 Å². The Bertz CT molecular complexity index is 1060. The predicted molar refractivity (Wildman–Crippen MR) is 109 cm³/mol. The van der Waals surface area contributed by atoms with Gasteiger partial charge in [0.1, 0.15) is 5.82 Å². The van der Waals surface area contributed by atoms with Gasteiger partial charge in [0.05, 0.1) is 35.4 Å². The first-order valence-corrected chi connectivity index (χ1v) is 9.92. The molecule has 0 unspecified atom stereocenters. The van der Waals surface area contributed by atoms with E-state index in [1.54, 1.807) is 24.3 Å². The van der Waals surface area contributed by atoms with Crippen molar-refractivity contribution < 1.29 is 9.59 Å². The Hall–Kier alpha value is -3.03. The topological polar surface area (TPSA) is 61.7 Å². The van der Waals surface area contributed by atoms with Gasteiger partial charge in [-0.05, 0) is 31.3 Å². The highest BCUT2D eigenvalue weighted by Gasteiger charge is 2.36. The quantitative estimate of drug-likeness (QED) is 0.639. The fourth-order valence-corrected chi connectivity index (χ4v) is 4.12. The summed E-state index contributed by atoms with van der Waals surface area (Å²) < 4.78 is 2.14. The molecule has 0 radical (unpaired) electrons. The van der Waals surface area contributed by atoms with E-state index in [1.165, 1.54) is 4.90 Å². The third kappa shape index (κ3) is 3.12. The molecule has 1 aromatic heterocycles. The number of piperazine rings is 1. The van der Waals surface area contributed by atoms with Crippen LogP contribution in [0.2, 0.25) is 0 Å². The molecule has 0 aliphatic carbocycles. The molecule has 7 heteroatoms. The van der Waals surface area contributed by atoms with Crippen molar-refractivity contribution in [3.05, 3.63) is 65.5 Å². The highest BCUT2D eigenvalue weighted by atomic mass is 16.2. The minimum absolute atomic E-state index is 0.175. The van der Waals surface area contributed by atoms with Crippen molar-refractivity contribution in [1.82, 2.24) is 24.3 Å². The zero-order chi connectivity index (χ0) is 20.0. The Morgan fingerprint density at radius 1 is 0.862 bits per heavy atom. The molecule has 2 aliphatic heterocycles. The summed E-state index contributed by atoms with van der Waals surface area (Å²) in [5.74, 6) is 0.243. The molecule has 148 valence electrons. The Kier molecular flexibility index (Phi) is 4.41. The number of hydrogen-bond donors (Lipinski definition) is 0. The van der Waals surface area contributed by atoms with Gasteiger partial charge < -0.3 is 9.47 Å². The van der Waals surface area contributed by atoms with Gasteiger partial charge in [-0.15, -0.1) is 0 Å². The number of likely N-dealkylation sites (N-methyl/N-ethyl adjacent to an activating group) is 1. The summed E-state index contributed by atoms with van der Waals surface area (Å²) in [5.41, 5.74) is 2.85. The molecule has 3 heterocycles. The van der Waals surface area contributed by atoms with Gasteiger partial charge in [0.2, 0.25) is 0 Å². The molecule has 3 aromatic rings. The SMILES string of the molecule is CN1CCN(Cn2c(CN3C(=O)c4ccccc4C3=O)nc3ccccc32)CC1. The molecule has 0 bridgehead atoms. The molecule has 2 aliphatic rings. The summed E-state index contributed by atoms with van der Waals surface area (Å²) in [7, 11) is 2.14. The third-order valence-corrected chi connectivity index (χ3v) is 5.85. The molecule has 0 saturated carbocycles. The Morgan fingerprint density at radius 3 is 2.17 bits per heavy atom. The first-order chi connectivity index (χ1) is 14.1. The van der Waals surface area contributed by atoms with Gasteiger partial charge in [-0.25, -0.2) is 4.98 Å². The fraction of sp³-hybridized carbons (Fsp3) is 0.318. The van der Waals surface area contributed by atoms with E-state index in [4.69, 9.17) is 4.98 Å². The first-order valence-electron chi connectivity index (χ1n) is 9.92. The summed E-state index contributed by atoms with van der Waals surface area (Å²) in [5, 5.41) is 0. The highest BCUT2D eigenvalue weighted by molar-refractivity contribution is 6.21. The second-order valence-corrected chi connectivity index (χ2v) is 7.75. The van der Waals surface area contributed by atoms with Gasteiger partial charge in [0.25, 0.3) is 11.8 Å². The van der Waals surface area contributed by atoms with Crippen LogP contribution in [-0.4, -0.2) is 69.3 Å². The van der Waals surface area contributed by atoms with Crippen LogP contribution in [0, 0.1) is 0 Å². The molecule has 0 spiro atoms. The number of imide groups is 1. The molecule has 2 amide bonds. The zero-order valence-electron chi connectivity index (χ0n) is 16.4. The minimum Gasteiger partial charge on any atom is -0.313 e. The number of hydrogen-bond acceptors (Lipinski definition) is 5. The maximum Gasteiger partial charge on any atom is 0.261 e. The summed E-state index contributed by atoms with van der Waals surface area (Å²) in [4.78, 5) is 36.4. The number of nitrogens with zero attached hydrogens (tertiary/aromatic N) is 5. The zero-order valence-corrected chi connectivity index (χ0v) is 16.4. The van der Waals surface area contributed by atoms with Gasteiger partial charge in [-0.1, -0.05) is 24.3 Å². The second kappa shape index (κ2) is 7.09. The van der Waals surface area contributed by atoms with Crippen LogP contribution in [0.1, 0.15) is 26.5 Å². The number of amides is 2. The largest absolute Gasteiger partial charge is 0.313 e. The van der Waals surface area contributed by atoms with E-state index < -0.39 is 0 Å². The van der Waals surface area contributed by atoms with E-state index >= 15 is 0 Å². The van der Waals surface area contributed by atoms with Crippen LogP contribution in [-0.2, 0) is 13.2 Å². The van der Waals surface area contributed by atoms with Crippen LogP contribution < -0.4 is 0 Å². The average Bonchev–Trinajstić information content (AvgIpc) is 3.21. The Labute approximate surface area is 169 Å². The van der Waals surface area contributed by atoms with Crippen molar-refractivity contribution in [1.29, 1.82) is 0 Å². The van der Waals surface area contributed by atoms with Crippen molar-refractivity contribution in [2.45, 2.75) is 13.2 Å². The van der Waals surface area contributed by atoms with E-state index in [0.717, 1.165) is 43.0 Å². The molecule has 2 aromatic carbocycles. The molecule has 1 saturated heterocycles. The van der Waals surface area contributed by atoms with E-state index in [1.807, 2.05) is 24.3 Å². The van der Waals surface area contributed by atoms with Crippen LogP contribution in [0.15, 0.2) is 48.5 Å². The van der Waals surface area contributed by atoms with Gasteiger partial charge >= 0.3 is 0 Å². The number of carbonyl (C=O) groups is 2. The number of fused-ring (bicyclic) bond motifs is 2. The van der Waals surface area contributed by atoms with Crippen molar-refractivity contribution in [2.24, 2.45) is 0 Å². The smallest absolute Gasteiger partial charge is 0.261 e. The van der Waals surface area contributed by atoms with Crippen LogP contribution in [0.3, 0.4) is 0 Å². The monoisotopic (exact) mass is 389 g/mol. The Balaban J connectivity index is 1.47. The maximum atomic E-state index is 12.8. The lowest BCUT2D eigenvalue weighted by atomic mass is 10.1. The first kappa shape index (κ1) is 18.0. The molecule has 0 N–H and O–H groups in total. The number of imidazole rings is 1. The van der Waals surface area contributed by atoms with Crippen LogP contribution in [0.5, 0.6) is 0 Å². The van der Waals surface area contributed by atoms with Crippen molar-refractivity contribution in [3.63, 3.8) is 0 Å². The van der Waals surface area contributed by atoms with Crippen molar-refractivity contribution >= 4 is 22.8 Å². The van der Waals surface area contributed by atoms with E-state index in [9.17, 15) is 9.59 Å². The van der Waals surface area contributed by atoms with Gasteiger partial charge in [-0.3, -0.25) is 19.4 Å². The van der Waals surface area contributed by atoms with Crippen molar-refractivity contribution in [3.8, 4) is 0 Å². The average molecular weight is 389 g/mol. The summed E-state index contributed by atoms with van der Waals surface area (Å²) >= 11 is 0. The number of rotatable bonds is 4. The van der Waals surface area contributed by atoms with Crippen molar-refractivity contribution in [2.75, 3.05) is 33.2 Å². The lowest BCUT2D eigenvalue weighted by Crippen LogP contribution is -2.45. The minimum atomic E-state index is -0.246. The number of aromatic nitrogens is 2. The molecule has 7 nitrogen and oxygen atoms in total. The van der Waals surface area contributed by atoms with Crippen LogP contribution >= 0.6 is 0 Å². The maximum absolute atomic E-state index is 12.8. The van der Waals surface area contributed by atoms with Gasteiger partial charge in [-0.2, -0.15) is 0 Å². The third-order valence-electron chi connectivity index (χ3n) is 5.85. The molecular formula is C22H23N5O2. The Morgan fingerprint density at radius 2 is 1.48 bits per heavy atom. The fourth-order valence-electron chi connectivity index (χ4n) is 4.12. The summed E-state index contributed by atoms with van der Waals surface area (Å²) in [6.45, 7) is 4.90. The van der Waals surface area contributed by atoms with E-state index in [-0.39, 0.29) is 18.4 Å². The standard InChI is InChI=1S/C22H23N5O2/c1-24-10-12-25(13-11-24)15-27-19-9-5-4-8-18(19)23-20(27)14-26-21(28)16-6-2-3-7-17(16)22(26)29/h2-9H,10-15H2,1H3. The van der Waals surface area contributed by atoms with Crippen LogP contribution in [0.25, 0.3) is 11.0 Å².